The Morgan fingerprint density at radius 3 is 2.86 bits per heavy atom. The Labute approximate surface area is 161 Å². The maximum atomic E-state index is 15.0. The molecule has 2 aromatic heterocycles. The van der Waals surface area contributed by atoms with Gasteiger partial charge < -0.3 is 4.98 Å². The van der Waals surface area contributed by atoms with Gasteiger partial charge in [-0.2, -0.15) is 0 Å². The molecule has 0 bridgehead atoms. The fourth-order valence-corrected chi connectivity index (χ4v) is 3.58. The Bertz CT molecular complexity index is 1200. The summed E-state index contributed by atoms with van der Waals surface area (Å²) in [6.07, 6.45) is 3.93. The van der Waals surface area contributed by atoms with Crippen LogP contribution in [-0.4, -0.2) is 30.3 Å². The number of hydrogen-bond acceptors (Lipinski definition) is 3. The standard InChI is InChI=1S/C19H16F2N4O2S/c20-15-6-4-11(2-1-7-25-28(26)27)17(21)16(15)12-3-5-14-13(8-12)9-22-19-18(14)23-10-24-19/h3-6,8-10,25H,1-2,7H2,(H,26,27)(H,22,23,24). The molecule has 1 atom stereocenters. The molecule has 28 heavy (non-hydrogen) atoms. The van der Waals surface area contributed by atoms with E-state index in [9.17, 15) is 8.60 Å². The van der Waals surface area contributed by atoms with Crippen molar-refractivity contribution in [1.82, 2.24) is 19.7 Å². The summed E-state index contributed by atoms with van der Waals surface area (Å²) in [6.45, 7) is 0.247. The minimum Gasteiger partial charge on any atom is -0.343 e. The number of aromatic amines is 1. The third-order valence-electron chi connectivity index (χ3n) is 4.57. The second-order valence-electron chi connectivity index (χ2n) is 6.30. The van der Waals surface area contributed by atoms with Crippen LogP contribution in [0.2, 0.25) is 0 Å². The van der Waals surface area contributed by atoms with E-state index in [0.29, 0.717) is 29.6 Å². The summed E-state index contributed by atoms with van der Waals surface area (Å²) in [5.74, 6) is -1.27. The predicted octanol–water partition coefficient (Wildman–Crippen LogP) is 3.72. The molecule has 0 aliphatic carbocycles. The van der Waals surface area contributed by atoms with E-state index < -0.39 is 22.9 Å². The highest BCUT2D eigenvalue weighted by molar-refractivity contribution is 7.77. The van der Waals surface area contributed by atoms with Crippen LogP contribution >= 0.6 is 0 Å². The molecule has 0 saturated heterocycles. The van der Waals surface area contributed by atoms with E-state index in [1.165, 1.54) is 12.1 Å². The summed E-state index contributed by atoms with van der Waals surface area (Å²) in [5, 5.41) is 1.61. The molecule has 0 fully saturated rings. The van der Waals surface area contributed by atoms with Crippen LogP contribution < -0.4 is 4.72 Å². The maximum Gasteiger partial charge on any atom is 0.231 e. The third-order valence-corrected chi connectivity index (χ3v) is 5.03. The van der Waals surface area contributed by atoms with Gasteiger partial charge in [-0.25, -0.2) is 27.7 Å². The van der Waals surface area contributed by atoms with Crippen LogP contribution in [0, 0.1) is 11.6 Å². The van der Waals surface area contributed by atoms with Crippen molar-refractivity contribution in [2.75, 3.05) is 6.54 Å². The summed E-state index contributed by atoms with van der Waals surface area (Å²) in [6, 6.07) is 7.81. The molecule has 3 N–H and O–H groups in total. The number of imidazole rings is 1. The van der Waals surface area contributed by atoms with Crippen LogP contribution in [0.1, 0.15) is 12.0 Å². The van der Waals surface area contributed by atoms with Gasteiger partial charge in [0.25, 0.3) is 0 Å². The zero-order chi connectivity index (χ0) is 19.7. The quantitative estimate of drug-likeness (QED) is 0.339. The van der Waals surface area contributed by atoms with Gasteiger partial charge in [0.1, 0.15) is 11.6 Å². The van der Waals surface area contributed by atoms with E-state index in [1.54, 1.807) is 30.7 Å². The van der Waals surface area contributed by atoms with Crippen LogP contribution in [0.4, 0.5) is 8.78 Å². The van der Waals surface area contributed by atoms with Gasteiger partial charge in [0.2, 0.25) is 11.3 Å². The Hall–Kier alpha value is -2.75. The zero-order valence-corrected chi connectivity index (χ0v) is 15.4. The molecule has 0 aliphatic heterocycles. The first kappa shape index (κ1) is 18.6. The first-order valence-corrected chi connectivity index (χ1v) is 9.68. The van der Waals surface area contributed by atoms with Gasteiger partial charge in [0.05, 0.1) is 17.4 Å². The molecule has 0 amide bonds. The van der Waals surface area contributed by atoms with Crippen LogP contribution in [0.3, 0.4) is 0 Å². The molecule has 6 nitrogen and oxygen atoms in total. The van der Waals surface area contributed by atoms with E-state index in [-0.39, 0.29) is 12.1 Å². The first-order chi connectivity index (χ1) is 13.5. The molecule has 0 radical (unpaired) electrons. The Kier molecular flexibility index (Phi) is 5.12. The number of benzene rings is 2. The van der Waals surface area contributed by atoms with Gasteiger partial charge in [0.15, 0.2) is 5.65 Å². The average Bonchev–Trinajstić information content (AvgIpc) is 3.15. The van der Waals surface area contributed by atoms with Gasteiger partial charge in [0, 0.05) is 23.5 Å². The lowest BCUT2D eigenvalue weighted by Crippen LogP contribution is -2.18. The predicted molar refractivity (Wildman–Crippen MR) is 104 cm³/mol. The van der Waals surface area contributed by atoms with Crippen molar-refractivity contribution < 1.29 is 17.5 Å². The summed E-state index contributed by atoms with van der Waals surface area (Å²) in [4.78, 5) is 11.4. The monoisotopic (exact) mass is 402 g/mol. The summed E-state index contributed by atoms with van der Waals surface area (Å²) >= 11 is -2.10. The van der Waals surface area contributed by atoms with Crippen molar-refractivity contribution in [2.24, 2.45) is 0 Å². The van der Waals surface area contributed by atoms with Crippen molar-refractivity contribution in [2.45, 2.75) is 12.8 Å². The second-order valence-corrected chi connectivity index (χ2v) is 7.09. The Morgan fingerprint density at radius 1 is 1.18 bits per heavy atom. The molecule has 2 heterocycles. The largest absolute Gasteiger partial charge is 0.343 e. The maximum absolute atomic E-state index is 15.0. The number of H-pyrrole nitrogens is 1. The molecular weight excluding hydrogens is 386 g/mol. The van der Waals surface area contributed by atoms with Gasteiger partial charge in [-0.15, -0.1) is 0 Å². The molecule has 0 saturated carbocycles. The number of hydrogen-bond donors (Lipinski definition) is 3. The fraction of sp³-hybridized carbons (Fsp3) is 0.158. The number of aryl methyl sites for hydroxylation is 1. The van der Waals surface area contributed by atoms with Crippen molar-refractivity contribution >= 4 is 33.2 Å². The lowest BCUT2D eigenvalue weighted by molar-refractivity contribution is 0.545. The number of rotatable bonds is 6. The second kappa shape index (κ2) is 7.70. The molecular formula is C19H16F2N4O2S. The smallest absolute Gasteiger partial charge is 0.231 e. The number of halogens is 2. The highest BCUT2D eigenvalue weighted by atomic mass is 32.2. The lowest BCUT2D eigenvalue weighted by Gasteiger charge is -2.11. The number of nitrogens with one attached hydrogen (secondary N) is 2. The van der Waals surface area contributed by atoms with Crippen LogP contribution in [0.15, 0.2) is 42.9 Å². The van der Waals surface area contributed by atoms with E-state index in [4.69, 9.17) is 4.55 Å². The molecule has 4 rings (SSSR count). The van der Waals surface area contributed by atoms with Crippen LogP contribution in [-0.2, 0) is 17.7 Å². The fourth-order valence-electron chi connectivity index (χ4n) is 3.26. The number of aromatic nitrogens is 3. The lowest BCUT2D eigenvalue weighted by atomic mass is 9.97. The summed E-state index contributed by atoms with van der Waals surface area (Å²) < 4.78 is 51.1. The highest BCUT2D eigenvalue weighted by Gasteiger charge is 2.16. The molecule has 9 heteroatoms. The molecule has 0 aliphatic rings. The third kappa shape index (κ3) is 3.51. The number of pyridine rings is 1. The first-order valence-electron chi connectivity index (χ1n) is 8.58. The van der Waals surface area contributed by atoms with E-state index in [2.05, 4.69) is 19.7 Å². The van der Waals surface area contributed by atoms with Gasteiger partial charge >= 0.3 is 0 Å². The van der Waals surface area contributed by atoms with Crippen molar-refractivity contribution in [3.8, 4) is 11.1 Å². The minimum absolute atomic E-state index is 0.0946. The minimum atomic E-state index is -2.10. The SMILES string of the molecule is O=S(O)NCCCc1ccc(F)c(-c2ccc3c(cnc4nc[nH]c43)c2)c1F. The van der Waals surface area contributed by atoms with E-state index in [0.717, 1.165) is 16.3 Å². The Morgan fingerprint density at radius 2 is 2.04 bits per heavy atom. The van der Waals surface area contributed by atoms with Gasteiger partial charge in [-0.05, 0) is 36.1 Å². The van der Waals surface area contributed by atoms with Crippen LogP contribution in [0.25, 0.3) is 33.1 Å². The van der Waals surface area contributed by atoms with Crippen LogP contribution in [0.5, 0.6) is 0 Å². The number of nitrogens with zero attached hydrogens (tertiary/aromatic N) is 2. The number of fused-ring (bicyclic) bond motifs is 3. The summed E-state index contributed by atoms with van der Waals surface area (Å²) in [5.41, 5.74) is 2.02. The highest BCUT2D eigenvalue weighted by Crippen LogP contribution is 2.32. The molecule has 2 aromatic carbocycles. The van der Waals surface area contributed by atoms with Crippen molar-refractivity contribution in [3.05, 3.63) is 60.1 Å². The summed E-state index contributed by atoms with van der Waals surface area (Å²) in [7, 11) is 0. The topological polar surface area (TPSA) is 90.9 Å². The average molecular weight is 402 g/mol. The normalized spacial score (nSPS) is 12.7. The van der Waals surface area contributed by atoms with E-state index in [1.807, 2.05) is 0 Å². The van der Waals surface area contributed by atoms with Gasteiger partial charge in [-0.3, -0.25) is 4.55 Å². The molecule has 4 aromatic rings. The van der Waals surface area contributed by atoms with E-state index >= 15 is 4.39 Å². The van der Waals surface area contributed by atoms with Gasteiger partial charge in [-0.1, -0.05) is 18.2 Å². The molecule has 1 unspecified atom stereocenters. The Balaban J connectivity index is 1.70. The zero-order valence-electron chi connectivity index (χ0n) is 14.6. The van der Waals surface area contributed by atoms with Crippen molar-refractivity contribution in [3.63, 3.8) is 0 Å². The van der Waals surface area contributed by atoms with Crippen molar-refractivity contribution in [1.29, 1.82) is 0 Å². The molecule has 0 spiro atoms. The molecule has 144 valence electrons.